The largest absolute Gasteiger partial charge is 0.426 e. The molecule has 0 saturated heterocycles. The molecule has 2 aromatic rings. The van der Waals surface area contributed by atoms with Crippen LogP contribution in [0, 0.1) is 16.2 Å². The van der Waals surface area contributed by atoms with E-state index in [1.54, 1.807) is 0 Å². The number of esters is 1. The van der Waals surface area contributed by atoms with E-state index in [-0.39, 0.29) is 17.2 Å². The second-order valence-corrected chi connectivity index (χ2v) is 8.04. The van der Waals surface area contributed by atoms with E-state index in [2.05, 4.69) is 0 Å². The smallest absolute Gasteiger partial charge is 0.318 e. The fraction of sp³-hybridized carbons (Fsp3) is 0.429. The van der Waals surface area contributed by atoms with Crippen LogP contribution >= 0.6 is 0 Å². The first-order valence-electron chi connectivity index (χ1n) is 8.55. The molecule has 0 amide bonds. The van der Waals surface area contributed by atoms with Crippen molar-refractivity contribution in [3.05, 3.63) is 42.5 Å². The summed E-state index contributed by atoms with van der Waals surface area (Å²) in [5.41, 5.74) is -1.47. The predicted octanol–water partition coefficient (Wildman–Crippen LogP) is 4.53. The molecule has 0 heterocycles. The van der Waals surface area contributed by atoms with E-state index in [0.717, 1.165) is 23.6 Å². The Labute approximate surface area is 142 Å². The summed E-state index contributed by atoms with van der Waals surface area (Å²) in [6.07, 6.45) is 1.81. The third-order valence-corrected chi connectivity index (χ3v) is 7.03. The van der Waals surface area contributed by atoms with Gasteiger partial charge in [0.25, 0.3) is 0 Å². The van der Waals surface area contributed by atoms with E-state index in [0.29, 0.717) is 12.2 Å². The normalized spacial score (nSPS) is 30.7. The zero-order chi connectivity index (χ0) is 17.2. The molecule has 0 aromatic heterocycles. The quantitative estimate of drug-likeness (QED) is 0.602. The summed E-state index contributed by atoms with van der Waals surface area (Å²) in [6, 6.07) is 13.7. The molecule has 2 aromatic carbocycles. The number of rotatable bonds is 2. The van der Waals surface area contributed by atoms with Crippen molar-refractivity contribution in [2.75, 3.05) is 0 Å². The molecule has 2 fully saturated rings. The maximum Gasteiger partial charge on any atom is 0.318 e. The predicted molar refractivity (Wildman–Crippen MR) is 92.8 cm³/mol. The van der Waals surface area contributed by atoms with Crippen LogP contribution in [-0.4, -0.2) is 11.8 Å². The van der Waals surface area contributed by atoms with Gasteiger partial charge in [0, 0.05) is 11.8 Å². The lowest BCUT2D eigenvalue weighted by Gasteiger charge is -2.37. The summed E-state index contributed by atoms with van der Waals surface area (Å²) in [6.45, 7) is 6.10. The molecular weight excluding hydrogens is 300 g/mol. The Bertz CT molecular complexity index is 866. The van der Waals surface area contributed by atoms with E-state index >= 15 is 0 Å². The Kier molecular flexibility index (Phi) is 3.00. The van der Waals surface area contributed by atoms with E-state index in [1.165, 1.54) is 0 Å². The molecule has 2 bridgehead atoms. The van der Waals surface area contributed by atoms with E-state index in [9.17, 15) is 9.59 Å². The number of ketones is 1. The number of Topliss-reactive ketones (excluding diaryl/α,β-unsaturated/α-hetero) is 1. The molecule has 0 unspecified atom stereocenters. The van der Waals surface area contributed by atoms with Crippen molar-refractivity contribution in [3.8, 4) is 5.75 Å². The van der Waals surface area contributed by atoms with Crippen LogP contribution in [0.3, 0.4) is 0 Å². The summed E-state index contributed by atoms with van der Waals surface area (Å²) < 4.78 is 5.77. The van der Waals surface area contributed by atoms with Crippen LogP contribution in [0.1, 0.15) is 40.0 Å². The van der Waals surface area contributed by atoms with Crippen molar-refractivity contribution >= 4 is 22.5 Å². The first-order chi connectivity index (χ1) is 11.3. The Morgan fingerprint density at radius 2 is 1.71 bits per heavy atom. The van der Waals surface area contributed by atoms with Gasteiger partial charge in [-0.05, 0) is 41.2 Å². The third kappa shape index (κ3) is 1.73. The van der Waals surface area contributed by atoms with Gasteiger partial charge in [-0.15, -0.1) is 0 Å². The summed E-state index contributed by atoms with van der Waals surface area (Å²) in [4.78, 5) is 25.6. The summed E-state index contributed by atoms with van der Waals surface area (Å²) in [7, 11) is 0. The van der Waals surface area contributed by atoms with Crippen LogP contribution in [0.2, 0.25) is 0 Å². The minimum absolute atomic E-state index is 0.203. The average molecular weight is 322 g/mol. The van der Waals surface area contributed by atoms with Crippen molar-refractivity contribution in [2.24, 2.45) is 16.2 Å². The van der Waals surface area contributed by atoms with Crippen molar-refractivity contribution in [2.45, 2.75) is 40.0 Å². The fourth-order valence-corrected chi connectivity index (χ4v) is 4.75. The van der Waals surface area contributed by atoms with Crippen LogP contribution in [0.5, 0.6) is 5.75 Å². The van der Waals surface area contributed by atoms with Crippen molar-refractivity contribution in [1.29, 1.82) is 0 Å². The van der Waals surface area contributed by atoms with E-state index in [1.807, 2.05) is 63.2 Å². The maximum atomic E-state index is 13.1. The molecule has 24 heavy (non-hydrogen) atoms. The van der Waals surface area contributed by atoms with Gasteiger partial charge in [0.1, 0.15) is 11.5 Å². The highest BCUT2D eigenvalue weighted by molar-refractivity contribution is 5.98. The van der Waals surface area contributed by atoms with Crippen LogP contribution < -0.4 is 4.74 Å². The highest BCUT2D eigenvalue weighted by Gasteiger charge is 2.73. The van der Waals surface area contributed by atoms with E-state index < -0.39 is 10.8 Å². The Morgan fingerprint density at radius 1 is 1.00 bits per heavy atom. The lowest BCUT2D eigenvalue weighted by Crippen LogP contribution is -2.42. The number of hydrogen-bond acceptors (Lipinski definition) is 3. The number of benzene rings is 2. The minimum Gasteiger partial charge on any atom is -0.426 e. The van der Waals surface area contributed by atoms with Crippen molar-refractivity contribution < 1.29 is 14.3 Å². The Hall–Kier alpha value is -2.16. The maximum absolute atomic E-state index is 13.1. The SMILES string of the molecule is CC1(C)[C@@]2(C(=O)Oc3ccc4ccccc4c3)CC[C@]1(C)C(=O)C2. The molecule has 0 aliphatic heterocycles. The van der Waals surface area contributed by atoms with Gasteiger partial charge in [-0.2, -0.15) is 0 Å². The molecule has 0 radical (unpaired) electrons. The molecule has 0 N–H and O–H groups in total. The van der Waals surface area contributed by atoms with Gasteiger partial charge < -0.3 is 4.74 Å². The molecule has 2 saturated carbocycles. The van der Waals surface area contributed by atoms with Gasteiger partial charge >= 0.3 is 5.97 Å². The molecule has 2 aliphatic rings. The van der Waals surface area contributed by atoms with Gasteiger partial charge in [0.2, 0.25) is 0 Å². The first kappa shape index (κ1) is 15.4. The van der Waals surface area contributed by atoms with Gasteiger partial charge in [-0.25, -0.2) is 0 Å². The molecule has 4 rings (SSSR count). The molecular formula is C21H22O3. The van der Waals surface area contributed by atoms with Crippen LogP contribution in [-0.2, 0) is 9.59 Å². The molecule has 3 nitrogen and oxygen atoms in total. The molecule has 2 aliphatic carbocycles. The Morgan fingerprint density at radius 3 is 2.33 bits per heavy atom. The number of fused-ring (bicyclic) bond motifs is 3. The van der Waals surface area contributed by atoms with Crippen LogP contribution in [0.4, 0.5) is 0 Å². The zero-order valence-electron chi connectivity index (χ0n) is 14.4. The Balaban J connectivity index is 1.68. The van der Waals surface area contributed by atoms with Gasteiger partial charge in [-0.1, -0.05) is 51.1 Å². The van der Waals surface area contributed by atoms with Gasteiger partial charge in [0.05, 0.1) is 5.41 Å². The van der Waals surface area contributed by atoms with Crippen molar-refractivity contribution in [1.82, 2.24) is 0 Å². The molecule has 3 heteroatoms. The number of carbonyl (C=O) groups is 2. The number of hydrogen-bond donors (Lipinski definition) is 0. The summed E-state index contributed by atoms with van der Waals surface area (Å²) >= 11 is 0. The molecule has 2 atom stereocenters. The topological polar surface area (TPSA) is 43.4 Å². The summed E-state index contributed by atoms with van der Waals surface area (Å²) in [5.74, 6) is 0.503. The second kappa shape index (κ2) is 4.69. The molecule has 0 spiro atoms. The standard InChI is InChI=1S/C21H22O3/c1-19(2)20(3)10-11-21(19,13-17(20)22)18(23)24-16-9-8-14-6-4-5-7-15(14)12-16/h4-9,12H,10-11,13H2,1-3H3/t20-,21+/m1/s1. The van der Waals surface area contributed by atoms with Gasteiger partial charge in [0.15, 0.2) is 0 Å². The highest BCUT2D eigenvalue weighted by atomic mass is 16.5. The average Bonchev–Trinajstić information content (AvgIpc) is 2.85. The number of ether oxygens (including phenoxy) is 1. The first-order valence-corrected chi connectivity index (χ1v) is 8.55. The lowest BCUT2D eigenvalue weighted by molar-refractivity contribution is -0.151. The monoisotopic (exact) mass is 322 g/mol. The third-order valence-electron chi connectivity index (χ3n) is 7.03. The van der Waals surface area contributed by atoms with Gasteiger partial charge in [-0.3, -0.25) is 9.59 Å². The minimum atomic E-state index is -0.690. The van der Waals surface area contributed by atoms with E-state index in [4.69, 9.17) is 4.74 Å². The van der Waals surface area contributed by atoms with Crippen molar-refractivity contribution in [3.63, 3.8) is 0 Å². The fourth-order valence-electron chi connectivity index (χ4n) is 4.75. The zero-order valence-corrected chi connectivity index (χ0v) is 14.4. The van der Waals surface area contributed by atoms with Crippen LogP contribution in [0.15, 0.2) is 42.5 Å². The van der Waals surface area contributed by atoms with Crippen LogP contribution in [0.25, 0.3) is 10.8 Å². The summed E-state index contributed by atoms with van der Waals surface area (Å²) in [5, 5.41) is 2.15. The lowest BCUT2D eigenvalue weighted by atomic mass is 9.65. The highest BCUT2D eigenvalue weighted by Crippen LogP contribution is 2.70. The second-order valence-electron chi connectivity index (χ2n) is 8.04. The molecule has 124 valence electrons. The number of carbonyl (C=O) groups excluding carboxylic acids is 2.